The van der Waals surface area contributed by atoms with Crippen molar-refractivity contribution < 1.29 is 14.3 Å². The molecule has 0 heterocycles. The molecule has 0 radical (unpaired) electrons. The molecule has 0 amide bonds. The number of methoxy groups -OCH3 is 1. The Kier molecular flexibility index (Phi) is 7.27. The fourth-order valence-electron chi connectivity index (χ4n) is 1.45. The summed E-state index contributed by atoms with van der Waals surface area (Å²) >= 11 is 5.06. The smallest absolute Gasteiger partial charge is 0.305 e. The van der Waals surface area contributed by atoms with Crippen molar-refractivity contribution in [1.29, 1.82) is 0 Å². The first kappa shape index (κ1) is 16.1. The Bertz CT molecular complexity index is 463. The van der Waals surface area contributed by atoms with E-state index in [0.717, 1.165) is 5.56 Å². The van der Waals surface area contributed by atoms with Crippen molar-refractivity contribution in [3.63, 3.8) is 0 Å². The van der Waals surface area contributed by atoms with Crippen molar-refractivity contribution >= 4 is 29.1 Å². The molecule has 0 unspecified atom stereocenters. The summed E-state index contributed by atoms with van der Waals surface area (Å²) in [4.78, 5) is 22.4. The number of nitrogens with one attached hydrogen (secondary N) is 2. The van der Waals surface area contributed by atoms with Crippen molar-refractivity contribution in [2.75, 3.05) is 13.7 Å². The lowest BCUT2D eigenvalue weighted by molar-refractivity contribution is -0.141. The number of rotatable bonds is 7. The van der Waals surface area contributed by atoms with Crippen LogP contribution < -0.4 is 10.6 Å². The summed E-state index contributed by atoms with van der Waals surface area (Å²) in [5.74, 6) is -0.470. The van der Waals surface area contributed by atoms with Gasteiger partial charge in [-0.25, -0.2) is 0 Å². The maximum Gasteiger partial charge on any atom is 0.305 e. The minimum Gasteiger partial charge on any atom is -0.469 e. The van der Waals surface area contributed by atoms with E-state index < -0.39 is 0 Å². The quantitative estimate of drug-likeness (QED) is 0.581. The lowest BCUT2D eigenvalue weighted by atomic mass is 10.2. The molecule has 1 aromatic rings. The van der Waals surface area contributed by atoms with E-state index in [9.17, 15) is 9.59 Å². The van der Waals surface area contributed by atoms with E-state index in [0.29, 0.717) is 11.7 Å². The molecule has 108 valence electrons. The van der Waals surface area contributed by atoms with Crippen molar-refractivity contribution in [2.45, 2.75) is 19.4 Å². The number of esters is 1. The highest BCUT2D eigenvalue weighted by molar-refractivity contribution is 7.80. The summed E-state index contributed by atoms with van der Waals surface area (Å²) in [6, 6.07) is 9.81. The molecule has 0 aromatic heterocycles. The van der Waals surface area contributed by atoms with Crippen LogP contribution in [0.2, 0.25) is 0 Å². The molecule has 0 aliphatic carbocycles. The maximum atomic E-state index is 11.5. The summed E-state index contributed by atoms with van der Waals surface area (Å²) in [5, 5.41) is 6.24. The van der Waals surface area contributed by atoms with Gasteiger partial charge in [0, 0.05) is 13.0 Å². The summed E-state index contributed by atoms with van der Waals surface area (Å²) < 4.78 is 4.46. The van der Waals surface area contributed by atoms with Crippen LogP contribution in [0.25, 0.3) is 0 Å². The average Bonchev–Trinajstić information content (AvgIpc) is 2.49. The van der Waals surface area contributed by atoms with E-state index in [1.807, 2.05) is 30.3 Å². The normalized spacial score (nSPS) is 9.65. The van der Waals surface area contributed by atoms with E-state index in [4.69, 9.17) is 12.2 Å². The zero-order valence-corrected chi connectivity index (χ0v) is 12.2. The molecule has 1 rings (SSSR count). The van der Waals surface area contributed by atoms with Crippen LogP contribution in [0.4, 0.5) is 0 Å². The monoisotopic (exact) mass is 294 g/mol. The number of carbonyl (C=O) groups is 2. The molecule has 0 fully saturated rings. The van der Waals surface area contributed by atoms with Gasteiger partial charge in [0.25, 0.3) is 0 Å². The molecule has 5 nitrogen and oxygen atoms in total. The van der Waals surface area contributed by atoms with Gasteiger partial charge in [-0.15, -0.1) is 0 Å². The number of benzene rings is 1. The molecule has 6 heteroatoms. The number of hydrogen-bond donors (Lipinski definition) is 2. The fourth-order valence-corrected chi connectivity index (χ4v) is 1.60. The third kappa shape index (κ3) is 6.84. The minimum atomic E-state index is -0.386. The van der Waals surface area contributed by atoms with Gasteiger partial charge in [-0.2, -0.15) is 0 Å². The second kappa shape index (κ2) is 9.03. The van der Waals surface area contributed by atoms with Gasteiger partial charge < -0.3 is 15.4 Å². The van der Waals surface area contributed by atoms with Crippen LogP contribution in [-0.4, -0.2) is 30.5 Å². The molecule has 1 aromatic carbocycles. The third-order valence-electron chi connectivity index (χ3n) is 2.58. The van der Waals surface area contributed by atoms with Crippen molar-refractivity contribution in [1.82, 2.24) is 10.6 Å². The predicted octanol–water partition coefficient (Wildman–Crippen LogP) is 1.17. The van der Waals surface area contributed by atoms with Gasteiger partial charge in [0.15, 0.2) is 10.9 Å². The first-order valence-electron chi connectivity index (χ1n) is 6.26. The standard InChI is InChI=1S/C14H18N2O3S/c1-19-13(18)8-7-12(17)10-16-14(20)15-9-11-5-3-2-4-6-11/h2-6H,7-10H2,1H3,(H2,15,16,20). The van der Waals surface area contributed by atoms with Gasteiger partial charge in [0.2, 0.25) is 0 Å². The van der Waals surface area contributed by atoms with E-state index in [2.05, 4.69) is 15.4 Å². The van der Waals surface area contributed by atoms with E-state index in [1.165, 1.54) is 7.11 Å². The van der Waals surface area contributed by atoms with Crippen LogP contribution in [0.3, 0.4) is 0 Å². The van der Waals surface area contributed by atoms with Crippen molar-refractivity contribution in [3.8, 4) is 0 Å². The number of carbonyl (C=O) groups excluding carboxylic acids is 2. The maximum absolute atomic E-state index is 11.5. The summed E-state index contributed by atoms with van der Waals surface area (Å²) in [5.41, 5.74) is 1.11. The number of Topliss-reactive ketones (excluding diaryl/α,β-unsaturated/α-hetero) is 1. The Labute approximate surface area is 123 Å². The lowest BCUT2D eigenvalue weighted by Gasteiger charge is -2.09. The fraction of sp³-hybridized carbons (Fsp3) is 0.357. The molecule has 2 N–H and O–H groups in total. The topological polar surface area (TPSA) is 67.4 Å². The Morgan fingerprint density at radius 2 is 1.85 bits per heavy atom. The zero-order valence-electron chi connectivity index (χ0n) is 11.3. The first-order chi connectivity index (χ1) is 9.61. The first-order valence-corrected chi connectivity index (χ1v) is 6.66. The van der Waals surface area contributed by atoms with Gasteiger partial charge >= 0.3 is 5.97 Å². The highest BCUT2D eigenvalue weighted by Gasteiger charge is 2.07. The van der Waals surface area contributed by atoms with Crippen LogP contribution in [0.5, 0.6) is 0 Å². The summed E-state index contributed by atoms with van der Waals surface area (Å²) in [7, 11) is 1.30. The predicted molar refractivity (Wildman–Crippen MR) is 80.1 cm³/mol. The van der Waals surface area contributed by atoms with E-state index >= 15 is 0 Å². The molecule has 0 saturated carbocycles. The molecule has 0 spiro atoms. The second-order valence-corrected chi connectivity index (χ2v) is 4.54. The number of ketones is 1. The summed E-state index contributed by atoms with van der Waals surface area (Å²) in [6.45, 7) is 0.709. The Morgan fingerprint density at radius 1 is 1.15 bits per heavy atom. The largest absolute Gasteiger partial charge is 0.469 e. The summed E-state index contributed by atoms with van der Waals surface area (Å²) in [6.07, 6.45) is 0.252. The molecule has 0 aliphatic heterocycles. The van der Waals surface area contributed by atoms with E-state index in [-0.39, 0.29) is 31.1 Å². The van der Waals surface area contributed by atoms with Gasteiger partial charge in [0.1, 0.15) is 0 Å². The second-order valence-electron chi connectivity index (χ2n) is 4.14. The lowest BCUT2D eigenvalue weighted by Crippen LogP contribution is -2.37. The third-order valence-corrected chi connectivity index (χ3v) is 2.87. The molecule has 0 saturated heterocycles. The number of hydrogen-bond acceptors (Lipinski definition) is 4. The Balaban J connectivity index is 2.16. The average molecular weight is 294 g/mol. The van der Waals surface area contributed by atoms with Crippen LogP contribution in [0.15, 0.2) is 30.3 Å². The number of thiocarbonyl (C=S) groups is 1. The molecular weight excluding hydrogens is 276 g/mol. The molecular formula is C14H18N2O3S. The van der Waals surface area contributed by atoms with Gasteiger partial charge in [0.05, 0.1) is 20.1 Å². The van der Waals surface area contributed by atoms with Gasteiger partial charge in [-0.05, 0) is 17.8 Å². The molecule has 0 aliphatic rings. The molecule has 0 bridgehead atoms. The molecule has 0 atom stereocenters. The van der Waals surface area contributed by atoms with Crippen LogP contribution >= 0.6 is 12.2 Å². The van der Waals surface area contributed by atoms with Crippen LogP contribution in [0, 0.1) is 0 Å². The van der Waals surface area contributed by atoms with Crippen molar-refractivity contribution in [3.05, 3.63) is 35.9 Å². The highest BCUT2D eigenvalue weighted by Crippen LogP contribution is 1.97. The van der Waals surface area contributed by atoms with Crippen molar-refractivity contribution in [2.24, 2.45) is 0 Å². The Hall–Kier alpha value is -1.95. The minimum absolute atomic E-state index is 0.0840. The SMILES string of the molecule is COC(=O)CCC(=O)CNC(=S)NCc1ccccc1. The van der Waals surface area contributed by atoms with Gasteiger partial charge in [-0.3, -0.25) is 9.59 Å². The number of ether oxygens (including phenoxy) is 1. The van der Waals surface area contributed by atoms with E-state index in [1.54, 1.807) is 0 Å². The zero-order chi connectivity index (χ0) is 14.8. The van der Waals surface area contributed by atoms with Crippen LogP contribution in [0.1, 0.15) is 18.4 Å². The highest BCUT2D eigenvalue weighted by atomic mass is 32.1. The Morgan fingerprint density at radius 3 is 2.50 bits per heavy atom. The van der Waals surface area contributed by atoms with Gasteiger partial charge in [-0.1, -0.05) is 30.3 Å². The molecule has 20 heavy (non-hydrogen) atoms. The van der Waals surface area contributed by atoms with Crippen LogP contribution in [-0.2, 0) is 20.9 Å².